The second-order valence-corrected chi connectivity index (χ2v) is 4.88. The van der Waals surface area contributed by atoms with Crippen LogP contribution in [-0.4, -0.2) is 30.1 Å². The van der Waals surface area contributed by atoms with Gasteiger partial charge < -0.3 is 10.6 Å². The summed E-state index contributed by atoms with van der Waals surface area (Å²) in [6, 6.07) is 1.11. The Morgan fingerprint density at radius 2 is 2.21 bits per heavy atom. The fourth-order valence-electron chi connectivity index (χ4n) is 2.67. The van der Waals surface area contributed by atoms with Crippen molar-refractivity contribution >= 4 is 0 Å². The van der Waals surface area contributed by atoms with Crippen LogP contribution in [0.25, 0.3) is 0 Å². The molecule has 1 aliphatic carbocycles. The van der Waals surface area contributed by atoms with E-state index in [2.05, 4.69) is 24.0 Å². The van der Waals surface area contributed by atoms with Crippen LogP contribution in [0.4, 0.5) is 0 Å². The van der Waals surface area contributed by atoms with Gasteiger partial charge >= 0.3 is 0 Å². The Morgan fingerprint density at radius 1 is 1.36 bits per heavy atom. The van der Waals surface area contributed by atoms with Crippen molar-refractivity contribution in [3.63, 3.8) is 0 Å². The third-order valence-corrected chi connectivity index (χ3v) is 3.61. The highest BCUT2D eigenvalue weighted by atomic mass is 15.2. The zero-order valence-corrected chi connectivity index (χ0v) is 9.15. The van der Waals surface area contributed by atoms with Gasteiger partial charge in [0.1, 0.15) is 0 Å². The van der Waals surface area contributed by atoms with Crippen molar-refractivity contribution in [2.45, 2.75) is 44.7 Å². The molecular formula is C12H22N2. The molecule has 3 atom stereocenters. The van der Waals surface area contributed by atoms with Gasteiger partial charge in [-0.1, -0.05) is 18.6 Å². The summed E-state index contributed by atoms with van der Waals surface area (Å²) < 4.78 is 0. The van der Waals surface area contributed by atoms with Crippen molar-refractivity contribution in [1.82, 2.24) is 4.90 Å². The molecule has 0 radical (unpaired) electrons. The quantitative estimate of drug-likeness (QED) is 0.679. The smallest absolute Gasteiger partial charge is 0.0229 e. The Bertz CT molecular complexity index is 212. The maximum Gasteiger partial charge on any atom is 0.0229 e. The molecule has 0 saturated carbocycles. The van der Waals surface area contributed by atoms with E-state index >= 15 is 0 Å². The second-order valence-electron chi connectivity index (χ2n) is 4.88. The van der Waals surface area contributed by atoms with Crippen molar-refractivity contribution in [2.24, 2.45) is 11.7 Å². The molecule has 3 unspecified atom stereocenters. The maximum absolute atomic E-state index is 5.86. The summed E-state index contributed by atoms with van der Waals surface area (Å²) in [6.07, 6.45) is 9.81. The zero-order valence-electron chi connectivity index (χ0n) is 9.15. The molecule has 2 N–H and O–H groups in total. The molecule has 1 aliphatic heterocycles. The standard InChI is InChI=1S/C12H22N2/c1-10-4-2-3-7-14(10)9-11-5-6-12(13)8-11/h5-6,10-12H,2-4,7-9,13H2,1H3. The molecule has 1 fully saturated rings. The van der Waals surface area contributed by atoms with E-state index in [0.717, 1.165) is 12.5 Å². The zero-order chi connectivity index (χ0) is 9.97. The van der Waals surface area contributed by atoms with Gasteiger partial charge in [-0.2, -0.15) is 0 Å². The first-order valence-corrected chi connectivity index (χ1v) is 5.93. The fourth-order valence-corrected chi connectivity index (χ4v) is 2.67. The Hall–Kier alpha value is -0.340. The van der Waals surface area contributed by atoms with Crippen LogP contribution in [0.15, 0.2) is 12.2 Å². The second kappa shape index (κ2) is 4.45. The van der Waals surface area contributed by atoms with Crippen LogP contribution in [0.5, 0.6) is 0 Å². The lowest BCUT2D eigenvalue weighted by Gasteiger charge is -2.34. The minimum absolute atomic E-state index is 0.320. The topological polar surface area (TPSA) is 29.3 Å². The van der Waals surface area contributed by atoms with Gasteiger partial charge in [-0.05, 0) is 38.6 Å². The van der Waals surface area contributed by atoms with E-state index in [-0.39, 0.29) is 0 Å². The first-order valence-electron chi connectivity index (χ1n) is 5.93. The lowest BCUT2D eigenvalue weighted by Crippen LogP contribution is -2.40. The lowest BCUT2D eigenvalue weighted by atomic mass is 10.0. The van der Waals surface area contributed by atoms with Crippen LogP contribution in [0, 0.1) is 5.92 Å². The van der Waals surface area contributed by atoms with Crippen LogP contribution in [0.3, 0.4) is 0 Å². The van der Waals surface area contributed by atoms with Crippen molar-refractivity contribution in [3.05, 3.63) is 12.2 Å². The lowest BCUT2D eigenvalue weighted by molar-refractivity contribution is 0.145. The molecule has 14 heavy (non-hydrogen) atoms. The summed E-state index contributed by atoms with van der Waals surface area (Å²) in [5.41, 5.74) is 5.86. The van der Waals surface area contributed by atoms with Crippen molar-refractivity contribution in [3.8, 4) is 0 Å². The van der Waals surface area contributed by atoms with Crippen LogP contribution >= 0.6 is 0 Å². The predicted octanol–water partition coefficient (Wildman–Crippen LogP) is 1.76. The number of hydrogen-bond acceptors (Lipinski definition) is 2. The van der Waals surface area contributed by atoms with Crippen LogP contribution in [0.1, 0.15) is 32.6 Å². The average molecular weight is 194 g/mol. The van der Waals surface area contributed by atoms with E-state index in [9.17, 15) is 0 Å². The average Bonchev–Trinajstić information content (AvgIpc) is 2.56. The van der Waals surface area contributed by atoms with E-state index in [1.807, 2.05) is 0 Å². The molecule has 0 bridgehead atoms. The first-order chi connectivity index (χ1) is 6.75. The molecule has 1 saturated heterocycles. The molecule has 0 aromatic rings. The normalized spacial score (nSPS) is 39.1. The van der Waals surface area contributed by atoms with Crippen LogP contribution < -0.4 is 5.73 Å². The SMILES string of the molecule is CC1CCCCN1CC1C=CC(N)C1. The third-order valence-electron chi connectivity index (χ3n) is 3.61. The molecule has 2 rings (SSSR count). The summed E-state index contributed by atoms with van der Waals surface area (Å²) >= 11 is 0. The van der Waals surface area contributed by atoms with Gasteiger partial charge in [0.25, 0.3) is 0 Å². The Morgan fingerprint density at radius 3 is 2.86 bits per heavy atom. The summed E-state index contributed by atoms with van der Waals surface area (Å²) in [6.45, 7) is 4.88. The number of likely N-dealkylation sites (tertiary alicyclic amines) is 1. The summed E-state index contributed by atoms with van der Waals surface area (Å²) in [7, 11) is 0. The van der Waals surface area contributed by atoms with E-state index < -0.39 is 0 Å². The maximum atomic E-state index is 5.86. The number of rotatable bonds is 2. The predicted molar refractivity (Wildman–Crippen MR) is 60.1 cm³/mol. The molecule has 80 valence electrons. The van der Waals surface area contributed by atoms with Crippen molar-refractivity contribution in [2.75, 3.05) is 13.1 Å². The van der Waals surface area contributed by atoms with Crippen molar-refractivity contribution in [1.29, 1.82) is 0 Å². The summed E-state index contributed by atoms with van der Waals surface area (Å²) in [4.78, 5) is 2.64. The minimum Gasteiger partial charge on any atom is -0.324 e. The van der Waals surface area contributed by atoms with E-state index in [1.54, 1.807) is 0 Å². The van der Waals surface area contributed by atoms with Gasteiger partial charge in [-0.25, -0.2) is 0 Å². The minimum atomic E-state index is 0.320. The highest BCUT2D eigenvalue weighted by Crippen LogP contribution is 2.22. The third kappa shape index (κ3) is 2.37. The fraction of sp³-hybridized carbons (Fsp3) is 0.833. The summed E-state index contributed by atoms with van der Waals surface area (Å²) in [5, 5.41) is 0. The van der Waals surface area contributed by atoms with Gasteiger partial charge in [-0.3, -0.25) is 0 Å². The molecule has 2 aliphatic rings. The molecule has 0 spiro atoms. The van der Waals surface area contributed by atoms with E-state index in [1.165, 1.54) is 32.4 Å². The Balaban J connectivity index is 1.81. The van der Waals surface area contributed by atoms with Gasteiger partial charge in [0, 0.05) is 18.6 Å². The molecule has 0 aromatic heterocycles. The molecule has 1 heterocycles. The molecule has 0 amide bonds. The molecule has 0 aromatic carbocycles. The molecule has 2 heteroatoms. The molecular weight excluding hydrogens is 172 g/mol. The highest BCUT2D eigenvalue weighted by molar-refractivity contribution is 5.05. The van der Waals surface area contributed by atoms with Gasteiger partial charge in [0.2, 0.25) is 0 Å². The van der Waals surface area contributed by atoms with Crippen molar-refractivity contribution < 1.29 is 0 Å². The number of piperidine rings is 1. The summed E-state index contributed by atoms with van der Waals surface area (Å²) in [5.74, 6) is 0.713. The van der Waals surface area contributed by atoms with Crippen LogP contribution in [-0.2, 0) is 0 Å². The largest absolute Gasteiger partial charge is 0.324 e. The number of nitrogens with zero attached hydrogens (tertiary/aromatic N) is 1. The van der Waals surface area contributed by atoms with E-state index in [4.69, 9.17) is 5.73 Å². The van der Waals surface area contributed by atoms with Gasteiger partial charge in [-0.15, -0.1) is 0 Å². The van der Waals surface area contributed by atoms with Crippen LogP contribution in [0.2, 0.25) is 0 Å². The van der Waals surface area contributed by atoms with Gasteiger partial charge in [0.05, 0.1) is 0 Å². The van der Waals surface area contributed by atoms with Gasteiger partial charge in [0.15, 0.2) is 0 Å². The molecule has 2 nitrogen and oxygen atoms in total. The monoisotopic (exact) mass is 194 g/mol. The highest BCUT2D eigenvalue weighted by Gasteiger charge is 2.23. The number of nitrogens with two attached hydrogens (primary N) is 1. The number of hydrogen-bond donors (Lipinski definition) is 1. The van der Waals surface area contributed by atoms with E-state index in [0.29, 0.717) is 12.0 Å². The first kappa shape index (κ1) is 10.2. The Kier molecular flexibility index (Phi) is 3.24. The Labute approximate surface area is 87.2 Å².